The fraction of sp³-hybridized carbons (Fsp3) is 0.538. The SMILES string of the molecule is CCCCCCOc1cc(-c2cc(OCCCCCC)c(-c3ccc(C)cc3OCCCCCC)cc2C)ccc1C. The van der Waals surface area contributed by atoms with Crippen molar-refractivity contribution in [1.29, 1.82) is 0 Å². The lowest BCUT2D eigenvalue weighted by molar-refractivity contribution is 0.302. The predicted octanol–water partition coefficient (Wildman–Crippen LogP) is 11.8. The van der Waals surface area contributed by atoms with Gasteiger partial charge in [-0.05, 0) is 92.1 Å². The number of ether oxygens (including phenoxy) is 3. The van der Waals surface area contributed by atoms with Crippen molar-refractivity contribution in [2.45, 2.75) is 119 Å². The van der Waals surface area contributed by atoms with Crippen LogP contribution in [0.4, 0.5) is 0 Å². The van der Waals surface area contributed by atoms with Crippen molar-refractivity contribution in [3.63, 3.8) is 0 Å². The normalized spacial score (nSPS) is 11.1. The smallest absolute Gasteiger partial charge is 0.127 e. The van der Waals surface area contributed by atoms with E-state index in [1.165, 1.54) is 85.6 Å². The second kappa shape index (κ2) is 18.6. The van der Waals surface area contributed by atoms with Gasteiger partial charge in [-0.2, -0.15) is 0 Å². The van der Waals surface area contributed by atoms with Gasteiger partial charge in [0.25, 0.3) is 0 Å². The van der Waals surface area contributed by atoms with Crippen LogP contribution >= 0.6 is 0 Å². The van der Waals surface area contributed by atoms with Crippen molar-refractivity contribution in [3.05, 3.63) is 65.2 Å². The maximum atomic E-state index is 6.57. The van der Waals surface area contributed by atoms with Gasteiger partial charge in [-0.1, -0.05) is 103 Å². The van der Waals surface area contributed by atoms with Crippen LogP contribution in [0.15, 0.2) is 48.5 Å². The zero-order valence-electron chi connectivity index (χ0n) is 27.5. The van der Waals surface area contributed by atoms with Crippen molar-refractivity contribution < 1.29 is 14.2 Å². The molecule has 0 amide bonds. The first-order valence-electron chi connectivity index (χ1n) is 16.7. The predicted molar refractivity (Wildman–Crippen MR) is 180 cm³/mol. The molecular weight excluding hydrogens is 516 g/mol. The van der Waals surface area contributed by atoms with E-state index in [1.54, 1.807) is 0 Å². The Morgan fingerprint density at radius 2 is 0.976 bits per heavy atom. The van der Waals surface area contributed by atoms with Gasteiger partial charge in [-0.3, -0.25) is 0 Å². The Kier molecular flexibility index (Phi) is 14.8. The molecule has 0 saturated carbocycles. The molecular formula is C39H56O3. The van der Waals surface area contributed by atoms with Gasteiger partial charge in [-0.25, -0.2) is 0 Å². The van der Waals surface area contributed by atoms with E-state index in [9.17, 15) is 0 Å². The standard InChI is InChI=1S/C39H56O3/c1-7-10-13-16-23-40-37-28-33(21-20-31(37)5)35-29-39(42-25-18-15-12-9-3)36(27-32(35)6)34-22-19-30(4)26-38(34)41-24-17-14-11-8-2/h19-22,26-29H,7-18,23-25H2,1-6H3. The molecule has 0 spiro atoms. The van der Waals surface area contributed by atoms with Gasteiger partial charge in [-0.15, -0.1) is 0 Å². The Morgan fingerprint density at radius 3 is 1.55 bits per heavy atom. The van der Waals surface area contributed by atoms with Crippen molar-refractivity contribution in [2.24, 2.45) is 0 Å². The van der Waals surface area contributed by atoms with Crippen molar-refractivity contribution in [3.8, 4) is 39.5 Å². The molecule has 0 radical (unpaired) electrons. The van der Waals surface area contributed by atoms with Crippen LogP contribution in [0.3, 0.4) is 0 Å². The lowest BCUT2D eigenvalue weighted by Gasteiger charge is -2.19. The average Bonchev–Trinajstić information content (AvgIpc) is 2.98. The lowest BCUT2D eigenvalue weighted by Crippen LogP contribution is -2.03. The van der Waals surface area contributed by atoms with Crippen LogP contribution in [0.5, 0.6) is 17.2 Å². The van der Waals surface area contributed by atoms with E-state index >= 15 is 0 Å². The van der Waals surface area contributed by atoms with Crippen LogP contribution < -0.4 is 14.2 Å². The Balaban J connectivity index is 1.95. The molecule has 0 fully saturated rings. The third-order valence-corrected chi connectivity index (χ3v) is 8.02. The molecule has 3 rings (SSSR count). The maximum Gasteiger partial charge on any atom is 0.127 e. The van der Waals surface area contributed by atoms with Crippen LogP contribution in [-0.4, -0.2) is 19.8 Å². The molecule has 3 nitrogen and oxygen atoms in total. The quantitative estimate of drug-likeness (QED) is 0.126. The van der Waals surface area contributed by atoms with Gasteiger partial charge in [0.2, 0.25) is 0 Å². The Bertz CT molecular complexity index is 1210. The van der Waals surface area contributed by atoms with E-state index in [0.29, 0.717) is 6.61 Å². The maximum absolute atomic E-state index is 6.57. The van der Waals surface area contributed by atoms with Crippen LogP contribution in [0, 0.1) is 20.8 Å². The third-order valence-electron chi connectivity index (χ3n) is 8.02. The summed E-state index contributed by atoms with van der Waals surface area (Å²) in [5, 5.41) is 0. The van der Waals surface area contributed by atoms with E-state index < -0.39 is 0 Å². The zero-order valence-corrected chi connectivity index (χ0v) is 27.5. The summed E-state index contributed by atoms with van der Waals surface area (Å²) in [7, 11) is 0. The van der Waals surface area contributed by atoms with Crippen LogP contribution in [-0.2, 0) is 0 Å². The minimum Gasteiger partial charge on any atom is -0.493 e. The van der Waals surface area contributed by atoms with Gasteiger partial charge < -0.3 is 14.2 Å². The highest BCUT2D eigenvalue weighted by Gasteiger charge is 2.17. The highest BCUT2D eigenvalue weighted by atomic mass is 16.5. The first kappa shape index (κ1) is 33.6. The second-order valence-corrected chi connectivity index (χ2v) is 11.9. The van der Waals surface area contributed by atoms with Gasteiger partial charge in [0.15, 0.2) is 0 Å². The molecule has 0 aliphatic heterocycles. The van der Waals surface area contributed by atoms with E-state index in [2.05, 4.69) is 90.1 Å². The Morgan fingerprint density at radius 1 is 0.429 bits per heavy atom. The molecule has 0 heterocycles. The molecule has 0 N–H and O–H groups in total. The first-order valence-corrected chi connectivity index (χ1v) is 16.7. The van der Waals surface area contributed by atoms with Crippen LogP contribution in [0.2, 0.25) is 0 Å². The summed E-state index contributed by atoms with van der Waals surface area (Å²) >= 11 is 0. The summed E-state index contributed by atoms with van der Waals surface area (Å²) < 4.78 is 19.2. The summed E-state index contributed by atoms with van der Waals surface area (Å²) in [6.07, 6.45) is 14.3. The van der Waals surface area contributed by atoms with Gasteiger partial charge in [0.05, 0.1) is 19.8 Å². The number of aryl methyl sites for hydroxylation is 3. The monoisotopic (exact) mass is 572 g/mol. The van der Waals surface area contributed by atoms with Gasteiger partial charge in [0.1, 0.15) is 17.2 Å². The summed E-state index contributed by atoms with van der Waals surface area (Å²) in [4.78, 5) is 0. The lowest BCUT2D eigenvalue weighted by atomic mass is 9.93. The molecule has 230 valence electrons. The average molecular weight is 573 g/mol. The number of unbranched alkanes of at least 4 members (excludes halogenated alkanes) is 9. The van der Waals surface area contributed by atoms with Crippen molar-refractivity contribution >= 4 is 0 Å². The fourth-order valence-electron chi connectivity index (χ4n) is 5.36. The highest BCUT2D eigenvalue weighted by Crippen LogP contribution is 2.42. The molecule has 3 aromatic rings. The summed E-state index contributed by atoms with van der Waals surface area (Å²) in [6, 6.07) is 17.7. The van der Waals surface area contributed by atoms with E-state index in [0.717, 1.165) is 60.9 Å². The molecule has 0 bridgehead atoms. The summed E-state index contributed by atoms with van der Waals surface area (Å²) in [5.74, 6) is 2.85. The van der Waals surface area contributed by atoms with E-state index in [1.807, 2.05) is 0 Å². The third kappa shape index (κ3) is 10.4. The molecule has 0 unspecified atom stereocenters. The Hall–Kier alpha value is -2.94. The van der Waals surface area contributed by atoms with Crippen LogP contribution in [0.25, 0.3) is 22.3 Å². The Labute approximate surface area is 257 Å². The van der Waals surface area contributed by atoms with Crippen molar-refractivity contribution in [1.82, 2.24) is 0 Å². The van der Waals surface area contributed by atoms with E-state index in [4.69, 9.17) is 14.2 Å². The number of rotatable bonds is 20. The molecule has 0 atom stereocenters. The molecule has 0 aliphatic carbocycles. The van der Waals surface area contributed by atoms with Gasteiger partial charge in [0, 0.05) is 11.1 Å². The molecule has 0 aliphatic rings. The minimum absolute atomic E-state index is 0.717. The molecule has 42 heavy (non-hydrogen) atoms. The molecule has 0 saturated heterocycles. The fourth-order valence-corrected chi connectivity index (χ4v) is 5.36. The minimum atomic E-state index is 0.717. The largest absolute Gasteiger partial charge is 0.493 e. The topological polar surface area (TPSA) is 27.7 Å². The van der Waals surface area contributed by atoms with E-state index in [-0.39, 0.29) is 0 Å². The highest BCUT2D eigenvalue weighted by molar-refractivity contribution is 5.82. The molecule has 3 aromatic carbocycles. The van der Waals surface area contributed by atoms with Crippen LogP contribution in [0.1, 0.15) is 115 Å². The molecule has 0 aromatic heterocycles. The first-order chi connectivity index (χ1) is 20.5. The van der Waals surface area contributed by atoms with Crippen molar-refractivity contribution in [2.75, 3.05) is 19.8 Å². The zero-order chi connectivity index (χ0) is 30.2. The van der Waals surface area contributed by atoms with Gasteiger partial charge >= 0.3 is 0 Å². The molecule has 3 heteroatoms. The number of hydrogen-bond donors (Lipinski definition) is 0. The number of hydrogen-bond acceptors (Lipinski definition) is 3. The number of benzene rings is 3. The summed E-state index contributed by atoms with van der Waals surface area (Å²) in [6.45, 7) is 15.4. The second-order valence-electron chi connectivity index (χ2n) is 11.9. The summed E-state index contributed by atoms with van der Waals surface area (Å²) in [5.41, 5.74) is 8.17.